The first-order chi connectivity index (χ1) is 15.5. The van der Waals surface area contributed by atoms with Gasteiger partial charge < -0.3 is 19.5 Å². The predicted molar refractivity (Wildman–Crippen MR) is 132 cm³/mol. The Morgan fingerprint density at radius 1 is 0.812 bits per heavy atom. The molecule has 170 valence electrons. The molecular weight excluding hydrogens is 469 g/mol. The maximum atomic E-state index is 6.54. The number of hydrogen-bond donors (Lipinski definition) is 1. The van der Waals surface area contributed by atoms with Crippen molar-refractivity contribution < 1.29 is 14.2 Å². The average Bonchev–Trinajstić information content (AvgIpc) is 2.79. The average molecular weight is 495 g/mol. The predicted octanol–water partition coefficient (Wildman–Crippen LogP) is 6.97. The van der Waals surface area contributed by atoms with Crippen molar-refractivity contribution in [3.05, 3.63) is 86.4 Å². The van der Waals surface area contributed by atoms with E-state index in [0.717, 1.165) is 29.8 Å². The second-order valence-electron chi connectivity index (χ2n) is 7.11. The molecule has 0 unspecified atom stereocenters. The topological polar surface area (TPSA) is 39.7 Å². The highest BCUT2D eigenvalue weighted by Gasteiger charge is 2.13. The summed E-state index contributed by atoms with van der Waals surface area (Å²) in [5.41, 5.74) is 3.07. The van der Waals surface area contributed by atoms with Gasteiger partial charge in [-0.15, -0.1) is 0 Å². The fourth-order valence-electron chi connectivity index (χ4n) is 3.28. The monoisotopic (exact) mass is 493 g/mol. The quantitative estimate of drug-likeness (QED) is 0.292. The minimum atomic E-state index is 0.299. The van der Waals surface area contributed by atoms with Gasteiger partial charge >= 0.3 is 0 Å². The van der Waals surface area contributed by atoms with Crippen LogP contribution in [-0.4, -0.2) is 20.3 Å². The molecule has 0 spiro atoms. The molecule has 4 nitrogen and oxygen atoms in total. The molecule has 0 radical (unpaired) electrons. The Bertz CT molecular complexity index is 1040. The number of para-hydroxylation sites is 1. The number of halogens is 3. The second-order valence-corrected chi connectivity index (χ2v) is 8.34. The molecule has 0 aliphatic rings. The Labute approximate surface area is 204 Å². The normalized spacial score (nSPS) is 10.8. The highest BCUT2D eigenvalue weighted by atomic mass is 35.5. The number of nitrogens with one attached hydrogen (secondary N) is 1. The van der Waals surface area contributed by atoms with Crippen LogP contribution in [0.5, 0.6) is 17.2 Å². The fourth-order valence-corrected chi connectivity index (χ4v) is 3.89. The first-order valence-electron chi connectivity index (χ1n) is 10.4. The molecule has 0 saturated heterocycles. The molecule has 3 rings (SSSR count). The van der Waals surface area contributed by atoms with Gasteiger partial charge in [-0.1, -0.05) is 59.1 Å². The second kappa shape index (κ2) is 12.2. The summed E-state index contributed by atoms with van der Waals surface area (Å²) < 4.78 is 17.2. The molecule has 1 N–H and O–H groups in total. The molecule has 32 heavy (non-hydrogen) atoms. The molecule has 0 aliphatic heterocycles. The summed E-state index contributed by atoms with van der Waals surface area (Å²) in [4.78, 5) is 0. The van der Waals surface area contributed by atoms with Crippen LogP contribution in [0.4, 0.5) is 0 Å². The first kappa shape index (κ1) is 24.5. The van der Waals surface area contributed by atoms with Crippen molar-refractivity contribution in [2.75, 3.05) is 20.3 Å². The van der Waals surface area contributed by atoms with E-state index in [2.05, 4.69) is 11.4 Å². The molecule has 0 saturated carbocycles. The number of benzene rings is 3. The van der Waals surface area contributed by atoms with Crippen LogP contribution >= 0.6 is 34.8 Å². The summed E-state index contributed by atoms with van der Waals surface area (Å²) >= 11 is 18.6. The van der Waals surface area contributed by atoms with Crippen LogP contribution in [0, 0.1) is 0 Å². The van der Waals surface area contributed by atoms with E-state index in [1.165, 1.54) is 5.56 Å². The van der Waals surface area contributed by atoms with Gasteiger partial charge in [0, 0.05) is 6.54 Å². The molecule has 0 aromatic heterocycles. The summed E-state index contributed by atoms with van der Waals surface area (Å²) in [6.07, 6.45) is 0.862. The van der Waals surface area contributed by atoms with Crippen LogP contribution in [-0.2, 0) is 19.6 Å². The van der Waals surface area contributed by atoms with Gasteiger partial charge in [-0.3, -0.25) is 0 Å². The third-order valence-electron chi connectivity index (χ3n) is 4.83. The third kappa shape index (κ3) is 6.69. The zero-order valence-electron chi connectivity index (χ0n) is 18.1. The van der Waals surface area contributed by atoms with E-state index < -0.39 is 0 Å². The SMILES string of the molecule is CCOc1cc(CNCCc2ccccc2OC)cc(Cl)c1OCc1ccc(Cl)c(Cl)c1. The summed E-state index contributed by atoms with van der Waals surface area (Å²) in [5.74, 6) is 2.03. The zero-order chi connectivity index (χ0) is 22.9. The van der Waals surface area contributed by atoms with Gasteiger partial charge in [-0.05, 0) is 66.9 Å². The van der Waals surface area contributed by atoms with Crippen molar-refractivity contribution in [2.45, 2.75) is 26.5 Å². The first-order valence-corrected chi connectivity index (χ1v) is 11.5. The van der Waals surface area contributed by atoms with E-state index in [1.807, 2.05) is 43.3 Å². The summed E-state index contributed by atoms with van der Waals surface area (Å²) in [6, 6.07) is 17.3. The Morgan fingerprint density at radius 3 is 2.34 bits per heavy atom. The van der Waals surface area contributed by atoms with Crippen LogP contribution in [0.3, 0.4) is 0 Å². The minimum Gasteiger partial charge on any atom is -0.496 e. The molecule has 3 aromatic carbocycles. The maximum absolute atomic E-state index is 6.54. The summed E-state index contributed by atoms with van der Waals surface area (Å²) in [7, 11) is 1.69. The van der Waals surface area contributed by atoms with Crippen molar-refractivity contribution in [1.29, 1.82) is 0 Å². The van der Waals surface area contributed by atoms with Gasteiger partial charge in [0.2, 0.25) is 0 Å². The van der Waals surface area contributed by atoms with Gasteiger partial charge in [0.15, 0.2) is 11.5 Å². The molecule has 0 amide bonds. The molecule has 0 heterocycles. The van der Waals surface area contributed by atoms with E-state index in [4.69, 9.17) is 49.0 Å². The van der Waals surface area contributed by atoms with Crippen molar-refractivity contribution >= 4 is 34.8 Å². The standard InChI is InChI=1S/C25H26Cl3NO3/c1-3-31-24-14-18(15-29-11-10-19-6-4-5-7-23(19)30-2)13-22(28)25(24)32-16-17-8-9-20(26)21(27)12-17/h4-9,12-14,29H,3,10-11,15-16H2,1-2H3. The molecule has 7 heteroatoms. The van der Waals surface area contributed by atoms with Crippen molar-refractivity contribution in [1.82, 2.24) is 5.32 Å². The van der Waals surface area contributed by atoms with Crippen molar-refractivity contribution in [3.8, 4) is 17.2 Å². The lowest BCUT2D eigenvalue weighted by Gasteiger charge is -2.16. The van der Waals surface area contributed by atoms with Crippen molar-refractivity contribution in [3.63, 3.8) is 0 Å². The molecule has 0 atom stereocenters. The Morgan fingerprint density at radius 2 is 1.59 bits per heavy atom. The van der Waals surface area contributed by atoms with Crippen LogP contribution in [0.2, 0.25) is 15.1 Å². The van der Waals surface area contributed by atoms with Crippen LogP contribution < -0.4 is 19.5 Å². The van der Waals surface area contributed by atoms with E-state index in [9.17, 15) is 0 Å². The van der Waals surface area contributed by atoms with Gasteiger partial charge in [0.05, 0.1) is 28.8 Å². The van der Waals surface area contributed by atoms with Crippen LogP contribution in [0.25, 0.3) is 0 Å². The number of methoxy groups -OCH3 is 1. The van der Waals surface area contributed by atoms with E-state index >= 15 is 0 Å². The number of hydrogen-bond acceptors (Lipinski definition) is 4. The maximum Gasteiger partial charge on any atom is 0.180 e. The highest BCUT2D eigenvalue weighted by Crippen LogP contribution is 2.37. The van der Waals surface area contributed by atoms with Crippen molar-refractivity contribution in [2.24, 2.45) is 0 Å². The Hall–Kier alpha value is -2.11. The summed E-state index contributed by atoms with van der Waals surface area (Å²) in [6.45, 7) is 4.19. The third-order valence-corrected chi connectivity index (χ3v) is 5.85. The van der Waals surface area contributed by atoms with Crippen LogP contribution in [0.15, 0.2) is 54.6 Å². The van der Waals surface area contributed by atoms with Gasteiger partial charge in [0.25, 0.3) is 0 Å². The Balaban J connectivity index is 1.63. The zero-order valence-corrected chi connectivity index (χ0v) is 20.4. The van der Waals surface area contributed by atoms with E-state index in [-0.39, 0.29) is 0 Å². The number of ether oxygens (including phenoxy) is 3. The van der Waals surface area contributed by atoms with Crippen LogP contribution in [0.1, 0.15) is 23.6 Å². The Kier molecular flexibility index (Phi) is 9.36. The number of rotatable bonds is 11. The fraction of sp³-hybridized carbons (Fsp3) is 0.280. The van der Waals surface area contributed by atoms with E-state index in [0.29, 0.717) is 46.3 Å². The molecule has 3 aromatic rings. The molecular formula is C25H26Cl3NO3. The minimum absolute atomic E-state index is 0.299. The summed E-state index contributed by atoms with van der Waals surface area (Å²) in [5, 5.41) is 4.94. The smallest absolute Gasteiger partial charge is 0.180 e. The van der Waals surface area contributed by atoms with Gasteiger partial charge in [0.1, 0.15) is 12.4 Å². The molecule has 0 fully saturated rings. The van der Waals surface area contributed by atoms with Gasteiger partial charge in [-0.25, -0.2) is 0 Å². The lowest BCUT2D eigenvalue weighted by molar-refractivity contribution is 0.269. The van der Waals surface area contributed by atoms with E-state index in [1.54, 1.807) is 19.2 Å². The molecule has 0 aliphatic carbocycles. The lowest BCUT2D eigenvalue weighted by atomic mass is 10.1. The highest BCUT2D eigenvalue weighted by molar-refractivity contribution is 6.42. The van der Waals surface area contributed by atoms with Gasteiger partial charge in [-0.2, -0.15) is 0 Å². The molecule has 0 bridgehead atoms. The largest absolute Gasteiger partial charge is 0.496 e. The lowest BCUT2D eigenvalue weighted by Crippen LogP contribution is -2.17.